The Balaban J connectivity index is 2.22. The Morgan fingerprint density at radius 3 is 2.76 bits per heavy atom. The van der Waals surface area contributed by atoms with Crippen LogP contribution in [0, 0.1) is 6.92 Å². The van der Waals surface area contributed by atoms with Gasteiger partial charge in [-0.25, -0.2) is 4.79 Å². The summed E-state index contributed by atoms with van der Waals surface area (Å²) >= 11 is 4.53. The van der Waals surface area contributed by atoms with Gasteiger partial charge in [0.15, 0.2) is 0 Å². The van der Waals surface area contributed by atoms with Crippen molar-refractivity contribution in [1.82, 2.24) is 0 Å². The molecule has 0 atom stereocenters. The second kappa shape index (κ2) is 4.89. The molecule has 0 bridgehead atoms. The number of carbonyl (C=O) groups is 1. The van der Waals surface area contributed by atoms with Gasteiger partial charge < -0.3 is 9.84 Å². The zero-order chi connectivity index (χ0) is 12.4. The van der Waals surface area contributed by atoms with Crippen LogP contribution >= 0.6 is 27.3 Å². The zero-order valence-electron chi connectivity index (χ0n) is 8.94. The lowest BCUT2D eigenvalue weighted by Gasteiger charge is -2.06. The maximum atomic E-state index is 10.7. The number of carboxylic acid groups (broad SMARTS) is 1. The van der Waals surface area contributed by atoms with Crippen LogP contribution in [0.5, 0.6) is 11.5 Å². The molecular weight excluding hydrogens is 304 g/mol. The van der Waals surface area contributed by atoms with Crippen LogP contribution in [0.25, 0.3) is 0 Å². The number of aryl methyl sites for hydroxylation is 1. The van der Waals surface area contributed by atoms with Crippen molar-refractivity contribution >= 4 is 33.2 Å². The number of aromatic carboxylic acids is 1. The molecule has 0 aliphatic rings. The van der Waals surface area contributed by atoms with Gasteiger partial charge in [0, 0.05) is 15.9 Å². The van der Waals surface area contributed by atoms with E-state index >= 15 is 0 Å². The fourth-order valence-electron chi connectivity index (χ4n) is 1.34. The summed E-state index contributed by atoms with van der Waals surface area (Å²) in [6, 6.07) is 7.19. The smallest absolute Gasteiger partial charge is 0.346 e. The van der Waals surface area contributed by atoms with Crippen molar-refractivity contribution in [2.45, 2.75) is 6.92 Å². The molecule has 88 valence electrons. The average Bonchev–Trinajstić information content (AvgIpc) is 2.71. The zero-order valence-corrected chi connectivity index (χ0v) is 11.3. The lowest BCUT2D eigenvalue weighted by molar-refractivity contribution is 0.0702. The van der Waals surface area contributed by atoms with Crippen LogP contribution in [-0.4, -0.2) is 11.1 Å². The average molecular weight is 313 g/mol. The minimum absolute atomic E-state index is 0.273. The molecule has 0 aliphatic heterocycles. The fourth-order valence-corrected chi connectivity index (χ4v) is 2.46. The van der Waals surface area contributed by atoms with E-state index in [4.69, 9.17) is 9.84 Å². The molecule has 5 heteroatoms. The van der Waals surface area contributed by atoms with Crippen LogP contribution < -0.4 is 4.74 Å². The molecule has 0 aliphatic carbocycles. The third-order valence-corrected chi connectivity index (χ3v) is 3.54. The van der Waals surface area contributed by atoms with Crippen molar-refractivity contribution in [3.63, 3.8) is 0 Å². The fraction of sp³-hybridized carbons (Fsp3) is 0.0833. The summed E-state index contributed by atoms with van der Waals surface area (Å²) in [6.07, 6.45) is 0. The van der Waals surface area contributed by atoms with Crippen molar-refractivity contribution in [2.24, 2.45) is 0 Å². The largest absolute Gasteiger partial charge is 0.477 e. The molecule has 0 saturated carbocycles. The lowest BCUT2D eigenvalue weighted by Crippen LogP contribution is -1.90. The quantitative estimate of drug-likeness (QED) is 0.918. The van der Waals surface area contributed by atoms with Crippen molar-refractivity contribution in [3.05, 3.63) is 44.6 Å². The Morgan fingerprint density at radius 1 is 1.41 bits per heavy atom. The minimum Gasteiger partial charge on any atom is -0.477 e. The molecule has 0 radical (unpaired) electrons. The maximum absolute atomic E-state index is 10.7. The van der Waals surface area contributed by atoms with Crippen LogP contribution in [0.1, 0.15) is 15.2 Å². The number of ether oxygens (including phenoxy) is 1. The van der Waals surface area contributed by atoms with Crippen LogP contribution in [0.4, 0.5) is 0 Å². The Hall–Kier alpha value is -1.33. The van der Waals surface area contributed by atoms with Gasteiger partial charge in [0.1, 0.15) is 16.4 Å². The Morgan fingerprint density at radius 2 is 2.18 bits per heavy atom. The molecule has 0 saturated heterocycles. The molecule has 1 heterocycles. The summed E-state index contributed by atoms with van der Waals surface area (Å²) < 4.78 is 6.61. The van der Waals surface area contributed by atoms with E-state index in [1.807, 2.05) is 25.1 Å². The van der Waals surface area contributed by atoms with E-state index in [0.29, 0.717) is 5.75 Å². The number of hydrogen-bond donors (Lipinski definition) is 1. The van der Waals surface area contributed by atoms with Crippen LogP contribution in [-0.2, 0) is 0 Å². The molecule has 2 aromatic rings. The van der Waals surface area contributed by atoms with Gasteiger partial charge in [0.25, 0.3) is 0 Å². The van der Waals surface area contributed by atoms with Gasteiger partial charge >= 0.3 is 5.97 Å². The molecule has 1 aromatic heterocycles. The van der Waals surface area contributed by atoms with E-state index in [1.165, 1.54) is 6.07 Å². The summed E-state index contributed by atoms with van der Waals surface area (Å²) in [4.78, 5) is 11.0. The van der Waals surface area contributed by atoms with Crippen molar-refractivity contribution in [2.75, 3.05) is 0 Å². The first-order chi connectivity index (χ1) is 8.06. The number of carboxylic acids is 1. The maximum Gasteiger partial charge on any atom is 0.346 e. The molecule has 0 amide bonds. The molecule has 17 heavy (non-hydrogen) atoms. The van der Waals surface area contributed by atoms with Crippen LogP contribution in [0.2, 0.25) is 0 Å². The SMILES string of the molecule is Cc1cc(Br)ccc1Oc1csc(C(=O)O)c1. The normalized spacial score (nSPS) is 10.2. The van der Waals surface area contributed by atoms with Crippen molar-refractivity contribution < 1.29 is 14.6 Å². The molecule has 0 spiro atoms. The van der Waals surface area contributed by atoms with Gasteiger partial charge in [0.2, 0.25) is 0 Å². The van der Waals surface area contributed by atoms with E-state index < -0.39 is 5.97 Å². The van der Waals surface area contributed by atoms with Gasteiger partial charge in [-0.2, -0.15) is 0 Å². The van der Waals surface area contributed by atoms with Gasteiger partial charge in [0.05, 0.1) is 0 Å². The lowest BCUT2D eigenvalue weighted by atomic mass is 10.2. The summed E-state index contributed by atoms with van der Waals surface area (Å²) in [7, 11) is 0. The van der Waals surface area contributed by atoms with E-state index in [0.717, 1.165) is 27.1 Å². The second-order valence-electron chi connectivity index (χ2n) is 3.46. The first kappa shape index (κ1) is 12.1. The van der Waals surface area contributed by atoms with E-state index in [2.05, 4.69) is 15.9 Å². The number of thiophene rings is 1. The minimum atomic E-state index is -0.933. The monoisotopic (exact) mass is 312 g/mol. The molecule has 1 aromatic carbocycles. The third kappa shape index (κ3) is 2.87. The summed E-state index contributed by atoms with van der Waals surface area (Å²) in [5.41, 5.74) is 0.988. The van der Waals surface area contributed by atoms with E-state index in [-0.39, 0.29) is 4.88 Å². The van der Waals surface area contributed by atoms with E-state index in [9.17, 15) is 4.79 Å². The second-order valence-corrected chi connectivity index (χ2v) is 5.29. The molecule has 2 rings (SSSR count). The molecule has 3 nitrogen and oxygen atoms in total. The topological polar surface area (TPSA) is 46.5 Å². The molecule has 0 fully saturated rings. The summed E-state index contributed by atoms with van der Waals surface area (Å²) in [6.45, 7) is 1.94. The highest BCUT2D eigenvalue weighted by Crippen LogP contribution is 2.30. The van der Waals surface area contributed by atoms with Crippen LogP contribution in [0.15, 0.2) is 34.1 Å². The number of hydrogen-bond acceptors (Lipinski definition) is 3. The van der Waals surface area contributed by atoms with Crippen molar-refractivity contribution in [1.29, 1.82) is 0 Å². The Bertz CT molecular complexity index is 563. The molecule has 1 N–H and O–H groups in total. The van der Waals surface area contributed by atoms with Gasteiger partial charge in [-0.1, -0.05) is 15.9 Å². The highest BCUT2D eigenvalue weighted by atomic mass is 79.9. The Kier molecular flexibility index (Phi) is 3.49. The predicted octanol–water partition coefficient (Wildman–Crippen LogP) is 4.31. The molecular formula is C12H9BrO3S. The van der Waals surface area contributed by atoms with Gasteiger partial charge in [-0.3, -0.25) is 0 Å². The molecule has 0 unspecified atom stereocenters. The van der Waals surface area contributed by atoms with Crippen molar-refractivity contribution in [3.8, 4) is 11.5 Å². The number of rotatable bonds is 3. The third-order valence-electron chi connectivity index (χ3n) is 2.15. The van der Waals surface area contributed by atoms with Crippen LogP contribution in [0.3, 0.4) is 0 Å². The summed E-state index contributed by atoms with van der Waals surface area (Å²) in [5.74, 6) is 0.345. The standard InChI is InChI=1S/C12H9BrO3S/c1-7-4-8(13)2-3-10(7)16-9-5-11(12(14)15)17-6-9/h2-6H,1H3,(H,14,15). The first-order valence-corrected chi connectivity index (χ1v) is 6.49. The van der Waals surface area contributed by atoms with E-state index in [1.54, 1.807) is 5.38 Å². The summed E-state index contributed by atoms with van der Waals surface area (Å²) in [5, 5.41) is 10.5. The van der Waals surface area contributed by atoms with Gasteiger partial charge in [-0.15, -0.1) is 11.3 Å². The predicted molar refractivity (Wildman–Crippen MR) is 70.2 cm³/mol. The highest BCUT2D eigenvalue weighted by Gasteiger charge is 2.09. The van der Waals surface area contributed by atoms with Gasteiger partial charge in [-0.05, 0) is 30.7 Å². The first-order valence-electron chi connectivity index (χ1n) is 4.82. The highest BCUT2D eigenvalue weighted by molar-refractivity contribution is 9.10. The Labute approximate surface area is 111 Å². The number of benzene rings is 1. The number of halogens is 1.